The van der Waals surface area contributed by atoms with Crippen LogP contribution in [0, 0.1) is 5.92 Å². The Bertz CT molecular complexity index is 203. The highest BCUT2D eigenvalue weighted by Gasteiger charge is 2.20. The van der Waals surface area contributed by atoms with Gasteiger partial charge in [-0.05, 0) is 12.3 Å². The van der Waals surface area contributed by atoms with Crippen LogP contribution in [0.25, 0.3) is 0 Å². The van der Waals surface area contributed by atoms with Gasteiger partial charge >= 0.3 is 11.9 Å². The molecule has 0 spiro atoms. The minimum atomic E-state index is -0.984. The molecule has 0 aliphatic heterocycles. The summed E-state index contributed by atoms with van der Waals surface area (Å²) < 4.78 is 4.55. The molecule has 0 saturated carbocycles. The van der Waals surface area contributed by atoms with E-state index in [1.165, 1.54) is 7.11 Å². The Morgan fingerprint density at radius 2 is 2.00 bits per heavy atom. The van der Waals surface area contributed by atoms with Gasteiger partial charge in [-0.3, -0.25) is 14.9 Å². The highest BCUT2D eigenvalue weighted by atomic mass is 16.5. The third-order valence-corrected chi connectivity index (χ3v) is 1.69. The first kappa shape index (κ1) is 12.9. The number of aliphatic carboxylic acids is 1. The van der Waals surface area contributed by atoms with Crippen molar-refractivity contribution >= 4 is 11.9 Å². The van der Waals surface area contributed by atoms with Crippen molar-refractivity contribution in [3.63, 3.8) is 0 Å². The molecular weight excluding hydrogens is 186 g/mol. The molecule has 0 rings (SSSR count). The van der Waals surface area contributed by atoms with Crippen molar-refractivity contribution in [2.45, 2.75) is 26.3 Å². The van der Waals surface area contributed by atoms with E-state index in [2.05, 4.69) is 10.1 Å². The standard InChI is InChI=1S/C9H17NO4/c1-6(2)4-7(9(13)14-3)10-5-8(11)12/h6-7,10H,4-5H2,1-3H3,(H,11,12)/t7-/m0/s1. The summed E-state index contributed by atoms with van der Waals surface area (Å²) in [5.74, 6) is -1.09. The van der Waals surface area contributed by atoms with Gasteiger partial charge in [0.05, 0.1) is 13.7 Å². The fourth-order valence-corrected chi connectivity index (χ4v) is 1.09. The lowest BCUT2D eigenvalue weighted by Gasteiger charge is -2.16. The maximum absolute atomic E-state index is 11.2. The molecule has 14 heavy (non-hydrogen) atoms. The highest BCUT2D eigenvalue weighted by Crippen LogP contribution is 2.05. The molecule has 0 saturated heterocycles. The van der Waals surface area contributed by atoms with Gasteiger partial charge in [0.15, 0.2) is 0 Å². The monoisotopic (exact) mass is 203 g/mol. The topological polar surface area (TPSA) is 75.6 Å². The molecule has 82 valence electrons. The second-order valence-corrected chi connectivity index (χ2v) is 3.48. The smallest absolute Gasteiger partial charge is 0.322 e. The van der Waals surface area contributed by atoms with Gasteiger partial charge in [0.25, 0.3) is 0 Å². The fraction of sp³-hybridized carbons (Fsp3) is 0.778. The largest absolute Gasteiger partial charge is 0.480 e. The van der Waals surface area contributed by atoms with Gasteiger partial charge in [-0.25, -0.2) is 0 Å². The van der Waals surface area contributed by atoms with Crippen molar-refractivity contribution in [1.29, 1.82) is 0 Å². The molecule has 2 N–H and O–H groups in total. The van der Waals surface area contributed by atoms with E-state index < -0.39 is 18.0 Å². The minimum Gasteiger partial charge on any atom is -0.480 e. The third kappa shape index (κ3) is 5.53. The summed E-state index contributed by atoms with van der Waals surface area (Å²) in [6.07, 6.45) is 0.569. The Morgan fingerprint density at radius 3 is 2.36 bits per heavy atom. The van der Waals surface area contributed by atoms with Crippen molar-refractivity contribution in [2.24, 2.45) is 5.92 Å². The zero-order valence-electron chi connectivity index (χ0n) is 8.74. The van der Waals surface area contributed by atoms with Crippen LogP contribution in [0.15, 0.2) is 0 Å². The SMILES string of the molecule is COC(=O)[C@H](CC(C)C)NCC(=O)O. The summed E-state index contributed by atoms with van der Waals surface area (Å²) in [6, 6.07) is -0.531. The van der Waals surface area contributed by atoms with Gasteiger partial charge < -0.3 is 9.84 Å². The Labute approximate surface area is 83.4 Å². The Kier molecular flexibility index (Phi) is 5.87. The molecule has 5 heteroatoms. The zero-order chi connectivity index (χ0) is 11.1. The molecule has 0 heterocycles. The van der Waals surface area contributed by atoms with Crippen LogP contribution in [0.5, 0.6) is 0 Å². The van der Waals surface area contributed by atoms with E-state index in [0.717, 1.165) is 0 Å². The maximum atomic E-state index is 11.2. The van der Waals surface area contributed by atoms with Gasteiger partial charge in [-0.1, -0.05) is 13.8 Å². The average Bonchev–Trinajstić information content (AvgIpc) is 2.10. The van der Waals surface area contributed by atoms with Crippen LogP contribution < -0.4 is 5.32 Å². The molecule has 0 radical (unpaired) electrons. The van der Waals surface area contributed by atoms with Crippen molar-refractivity contribution in [3.8, 4) is 0 Å². The Hall–Kier alpha value is -1.10. The van der Waals surface area contributed by atoms with Crippen LogP contribution >= 0.6 is 0 Å². The number of carboxylic acids is 1. The van der Waals surface area contributed by atoms with Crippen LogP contribution in [-0.4, -0.2) is 36.7 Å². The lowest BCUT2D eigenvalue weighted by Crippen LogP contribution is -2.41. The van der Waals surface area contributed by atoms with Crippen molar-refractivity contribution in [3.05, 3.63) is 0 Å². The number of rotatable bonds is 6. The van der Waals surface area contributed by atoms with Gasteiger partial charge in [-0.15, -0.1) is 0 Å². The van der Waals surface area contributed by atoms with E-state index >= 15 is 0 Å². The predicted molar refractivity (Wildman–Crippen MR) is 50.9 cm³/mol. The number of esters is 1. The Balaban J connectivity index is 4.10. The summed E-state index contributed by atoms with van der Waals surface area (Å²) >= 11 is 0. The summed E-state index contributed by atoms with van der Waals surface area (Å²) in [4.78, 5) is 21.5. The molecular formula is C9H17NO4. The minimum absolute atomic E-state index is 0.230. The molecule has 0 fully saturated rings. The van der Waals surface area contributed by atoms with E-state index in [4.69, 9.17) is 5.11 Å². The first-order chi connectivity index (χ1) is 6.47. The molecule has 0 amide bonds. The van der Waals surface area contributed by atoms with E-state index in [9.17, 15) is 9.59 Å². The van der Waals surface area contributed by atoms with Crippen molar-refractivity contribution in [2.75, 3.05) is 13.7 Å². The first-order valence-corrected chi connectivity index (χ1v) is 4.50. The quantitative estimate of drug-likeness (QED) is 0.605. The van der Waals surface area contributed by atoms with Crippen molar-refractivity contribution in [1.82, 2.24) is 5.32 Å². The van der Waals surface area contributed by atoms with Crippen LogP contribution in [0.4, 0.5) is 0 Å². The van der Waals surface area contributed by atoms with Gasteiger partial charge in [0, 0.05) is 0 Å². The summed E-state index contributed by atoms with van der Waals surface area (Å²) in [7, 11) is 1.29. The molecule has 0 aromatic rings. The van der Waals surface area contributed by atoms with E-state index in [1.54, 1.807) is 0 Å². The number of ether oxygens (including phenoxy) is 1. The van der Waals surface area contributed by atoms with Gasteiger partial charge in [-0.2, -0.15) is 0 Å². The number of hydrogen-bond acceptors (Lipinski definition) is 4. The number of carbonyl (C=O) groups is 2. The lowest BCUT2D eigenvalue weighted by molar-refractivity contribution is -0.144. The highest BCUT2D eigenvalue weighted by molar-refractivity contribution is 5.77. The fourth-order valence-electron chi connectivity index (χ4n) is 1.09. The van der Waals surface area contributed by atoms with Gasteiger partial charge in [0.1, 0.15) is 6.04 Å². The molecule has 1 atom stereocenters. The van der Waals surface area contributed by atoms with Gasteiger partial charge in [0.2, 0.25) is 0 Å². The maximum Gasteiger partial charge on any atom is 0.322 e. The molecule has 0 aromatic heterocycles. The molecule has 0 aromatic carbocycles. The summed E-state index contributed by atoms with van der Waals surface area (Å²) in [5, 5.41) is 11.1. The predicted octanol–water partition coefficient (Wildman–Crippen LogP) is 0.248. The molecule has 0 unspecified atom stereocenters. The van der Waals surface area contributed by atoms with Crippen LogP contribution in [0.1, 0.15) is 20.3 Å². The lowest BCUT2D eigenvalue weighted by atomic mass is 10.0. The second-order valence-electron chi connectivity index (χ2n) is 3.48. The van der Waals surface area contributed by atoms with Crippen molar-refractivity contribution < 1.29 is 19.4 Å². The zero-order valence-corrected chi connectivity index (χ0v) is 8.74. The summed E-state index contributed by atoms with van der Waals surface area (Å²) in [5.41, 5.74) is 0. The molecule has 0 bridgehead atoms. The van der Waals surface area contributed by atoms with E-state index in [-0.39, 0.29) is 6.54 Å². The molecule has 5 nitrogen and oxygen atoms in total. The number of nitrogens with one attached hydrogen (secondary N) is 1. The molecule has 0 aliphatic rings. The van der Waals surface area contributed by atoms with E-state index in [1.807, 2.05) is 13.8 Å². The third-order valence-electron chi connectivity index (χ3n) is 1.69. The average molecular weight is 203 g/mol. The number of carboxylic acid groups (broad SMARTS) is 1. The Morgan fingerprint density at radius 1 is 1.43 bits per heavy atom. The van der Waals surface area contributed by atoms with Crippen LogP contribution in [0.3, 0.4) is 0 Å². The summed E-state index contributed by atoms with van der Waals surface area (Å²) in [6.45, 7) is 3.68. The normalized spacial score (nSPS) is 12.6. The molecule has 0 aliphatic carbocycles. The van der Waals surface area contributed by atoms with Crippen LogP contribution in [0.2, 0.25) is 0 Å². The number of hydrogen-bond donors (Lipinski definition) is 2. The van der Waals surface area contributed by atoms with E-state index in [0.29, 0.717) is 12.3 Å². The number of methoxy groups -OCH3 is 1. The first-order valence-electron chi connectivity index (χ1n) is 4.50. The van der Waals surface area contributed by atoms with Crippen LogP contribution in [-0.2, 0) is 14.3 Å². The number of carbonyl (C=O) groups excluding carboxylic acids is 1. The second kappa shape index (κ2) is 6.37.